The lowest BCUT2D eigenvalue weighted by atomic mass is 9.82. The van der Waals surface area contributed by atoms with Crippen molar-refractivity contribution in [3.63, 3.8) is 0 Å². The summed E-state index contributed by atoms with van der Waals surface area (Å²) in [5, 5.41) is 17.0. The highest BCUT2D eigenvalue weighted by Crippen LogP contribution is 2.52. The zero-order valence-corrected chi connectivity index (χ0v) is 23.6. The van der Waals surface area contributed by atoms with E-state index in [2.05, 4.69) is 11.4 Å². The number of benzene rings is 1. The van der Waals surface area contributed by atoms with E-state index >= 15 is 0 Å². The standard InChI is InChI=1S/C29H33F3N6O4/c1-4-37-26-22(24(27(40)36(3)16(2)15-33)35-38(26)20-10-12-42-13-11-20)21(17-8-9-17)23(28(37)41)34-25(39)18-6-5-7-19(14-18)29(30,31)32/h5-7,14,16-17,20-21,23H,4,8-13H2,1-3H3,(H,34,39)/t16?,21-,23-/m1/s1. The second kappa shape index (κ2) is 11.4. The van der Waals surface area contributed by atoms with Crippen LogP contribution in [0.3, 0.4) is 0 Å². The summed E-state index contributed by atoms with van der Waals surface area (Å²) in [5.41, 5.74) is -0.552. The number of hydrogen-bond donors (Lipinski definition) is 1. The maximum atomic E-state index is 14.1. The third kappa shape index (κ3) is 5.35. The maximum absolute atomic E-state index is 14.1. The molecule has 0 radical (unpaired) electrons. The highest BCUT2D eigenvalue weighted by molar-refractivity contribution is 6.07. The Morgan fingerprint density at radius 3 is 2.52 bits per heavy atom. The van der Waals surface area contributed by atoms with E-state index in [1.807, 2.05) is 0 Å². The first-order valence-electron chi connectivity index (χ1n) is 14.1. The van der Waals surface area contributed by atoms with Gasteiger partial charge in [-0.3, -0.25) is 19.3 Å². The van der Waals surface area contributed by atoms with Crippen LogP contribution in [-0.4, -0.2) is 71.3 Å². The minimum absolute atomic E-state index is 0.0453. The van der Waals surface area contributed by atoms with Gasteiger partial charge in [-0.05, 0) is 63.6 Å². The molecule has 3 aliphatic rings. The molecule has 1 saturated heterocycles. The van der Waals surface area contributed by atoms with Gasteiger partial charge in [-0.25, -0.2) is 4.68 Å². The Hall–Kier alpha value is -3.92. The van der Waals surface area contributed by atoms with Gasteiger partial charge >= 0.3 is 6.18 Å². The Bertz CT molecular complexity index is 1420. The molecule has 3 amide bonds. The van der Waals surface area contributed by atoms with Crippen molar-refractivity contribution in [1.29, 1.82) is 5.26 Å². The van der Waals surface area contributed by atoms with Gasteiger partial charge in [-0.15, -0.1) is 0 Å². The number of nitrogens with one attached hydrogen (secondary N) is 1. The average Bonchev–Trinajstić information content (AvgIpc) is 3.76. The summed E-state index contributed by atoms with van der Waals surface area (Å²) in [6.07, 6.45) is -1.88. The molecule has 0 bridgehead atoms. The molecular formula is C29H33F3N6O4. The summed E-state index contributed by atoms with van der Waals surface area (Å²) >= 11 is 0. The number of amides is 3. The molecule has 2 aromatic rings. The van der Waals surface area contributed by atoms with E-state index in [4.69, 9.17) is 9.84 Å². The SMILES string of the molecule is CCN1C(=O)[C@H](NC(=O)c2cccc(C(F)(F)F)c2)[C@H](C2CC2)c2c(C(=O)N(C)C(C)C#N)nn(C3CCOCC3)c21. The van der Waals surface area contributed by atoms with Gasteiger partial charge in [0.05, 0.1) is 17.7 Å². The van der Waals surface area contributed by atoms with Gasteiger partial charge in [0.1, 0.15) is 17.9 Å². The Balaban J connectivity index is 1.62. The van der Waals surface area contributed by atoms with Gasteiger partial charge < -0.3 is 15.0 Å². The molecule has 5 rings (SSSR count). The van der Waals surface area contributed by atoms with Gasteiger partial charge in [0.25, 0.3) is 17.7 Å². The molecule has 1 aliphatic carbocycles. The van der Waals surface area contributed by atoms with Crippen molar-refractivity contribution in [2.75, 3.05) is 31.7 Å². The molecule has 2 aliphatic heterocycles. The average molecular weight is 587 g/mol. The van der Waals surface area contributed by atoms with Gasteiger partial charge in [0.15, 0.2) is 5.69 Å². The lowest BCUT2D eigenvalue weighted by molar-refractivity contribution is -0.137. The third-order valence-electron chi connectivity index (χ3n) is 8.41. The normalized spacial score (nSPS) is 21.8. The van der Waals surface area contributed by atoms with Crippen LogP contribution >= 0.6 is 0 Å². The first-order chi connectivity index (χ1) is 20.0. The van der Waals surface area contributed by atoms with Crippen LogP contribution < -0.4 is 10.2 Å². The molecule has 2 fully saturated rings. The molecule has 1 aromatic carbocycles. The topological polar surface area (TPSA) is 121 Å². The van der Waals surface area contributed by atoms with Crippen LogP contribution in [0.1, 0.15) is 83.5 Å². The predicted octanol–water partition coefficient (Wildman–Crippen LogP) is 3.90. The number of rotatable bonds is 7. The van der Waals surface area contributed by atoms with E-state index in [0.717, 1.165) is 31.0 Å². The number of nitriles is 1. The zero-order valence-electron chi connectivity index (χ0n) is 23.6. The molecule has 224 valence electrons. The fourth-order valence-corrected chi connectivity index (χ4v) is 5.86. The largest absolute Gasteiger partial charge is 0.416 e. The Kier molecular flexibility index (Phi) is 8.02. The van der Waals surface area contributed by atoms with Crippen LogP contribution in [0.25, 0.3) is 0 Å². The molecule has 1 unspecified atom stereocenters. The highest BCUT2D eigenvalue weighted by atomic mass is 19.4. The predicted molar refractivity (Wildman–Crippen MR) is 145 cm³/mol. The van der Waals surface area contributed by atoms with Crippen molar-refractivity contribution < 1.29 is 32.3 Å². The molecule has 1 aromatic heterocycles. The Morgan fingerprint density at radius 2 is 1.93 bits per heavy atom. The minimum atomic E-state index is -4.64. The smallest absolute Gasteiger partial charge is 0.381 e. The minimum Gasteiger partial charge on any atom is -0.381 e. The van der Waals surface area contributed by atoms with Crippen LogP contribution in [0.5, 0.6) is 0 Å². The lowest BCUT2D eigenvalue weighted by Gasteiger charge is -2.39. The van der Waals surface area contributed by atoms with E-state index in [1.54, 1.807) is 18.5 Å². The summed E-state index contributed by atoms with van der Waals surface area (Å²) in [6.45, 7) is 4.58. The van der Waals surface area contributed by atoms with Crippen LogP contribution in [0.2, 0.25) is 0 Å². The first-order valence-corrected chi connectivity index (χ1v) is 14.1. The summed E-state index contributed by atoms with van der Waals surface area (Å²) < 4.78 is 47.3. The Labute approximate surface area is 241 Å². The van der Waals surface area contributed by atoms with Crippen molar-refractivity contribution in [3.05, 3.63) is 46.6 Å². The molecule has 3 heterocycles. The number of anilines is 1. The van der Waals surface area contributed by atoms with Crippen LogP contribution in [-0.2, 0) is 15.7 Å². The molecule has 42 heavy (non-hydrogen) atoms. The lowest BCUT2D eigenvalue weighted by Crippen LogP contribution is -2.56. The van der Waals surface area contributed by atoms with Crippen molar-refractivity contribution in [1.82, 2.24) is 20.0 Å². The number of nitrogens with zero attached hydrogens (tertiary/aromatic N) is 5. The number of carbonyl (C=O) groups is 3. The summed E-state index contributed by atoms with van der Waals surface area (Å²) in [5.74, 6) is -1.88. The summed E-state index contributed by atoms with van der Waals surface area (Å²) in [4.78, 5) is 44.1. The van der Waals surface area contributed by atoms with Gasteiger partial charge in [0.2, 0.25) is 0 Å². The van der Waals surface area contributed by atoms with Crippen molar-refractivity contribution >= 4 is 23.5 Å². The monoisotopic (exact) mass is 586 g/mol. The summed E-state index contributed by atoms with van der Waals surface area (Å²) in [6, 6.07) is 4.11. The van der Waals surface area contributed by atoms with Crippen LogP contribution in [0.4, 0.5) is 19.0 Å². The van der Waals surface area contributed by atoms with E-state index in [9.17, 15) is 32.8 Å². The van der Waals surface area contributed by atoms with Gasteiger partial charge in [-0.2, -0.15) is 23.5 Å². The number of likely N-dealkylation sites (N-methyl/N-ethyl adjacent to an activating group) is 1. The number of halogens is 3. The molecule has 1 saturated carbocycles. The van der Waals surface area contributed by atoms with Crippen LogP contribution in [0.15, 0.2) is 24.3 Å². The van der Waals surface area contributed by atoms with E-state index in [1.165, 1.54) is 22.9 Å². The molecule has 13 heteroatoms. The van der Waals surface area contributed by atoms with Crippen molar-refractivity contribution in [3.8, 4) is 6.07 Å². The second-order valence-electron chi connectivity index (χ2n) is 11.1. The fourth-order valence-electron chi connectivity index (χ4n) is 5.86. The van der Waals surface area contributed by atoms with Crippen molar-refractivity contribution in [2.45, 2.75) is 69.8 Å². The quantitative estimate of drug-likeness (QED) is 0.526. The first kappa shape index (κ1) is 29.6. The molecule has 1 N–H and O–H groups in total. The van der Waals surface area contributed by atoms with E-state index in [0.29, 0.717) is 37.4 Å². The molecule has 0 spiro atoms. The van der Waals surface area contributed by atoms with E-state index < -0.39 is 47.5 Å². The maximum Gasteiger partial charge on any atom is 0.416 e. The number of carbonyl (C=O) groups excluding carboxylic acids is 3. The second-order valence-corrected chi connectivity index (χ2v) is 11.1. The molecular weight excluding hydrogens is 553 g/mol. The van der Waals surface area contributed by atoms with Crippen molar-refractivity contribution in [2.24, 2.45) is 5.92 Å². The third-order valence-corrected chi connectivity index (χ3v) is 8.41. The number of ether oxygens (including phenoxy) is 1. The zero-order chi connectivity index (χ0) is 30.3. The number of aromatic nitrogens is 2. The van der Waals surface area contributed by atoms with Gasteiger partial charge in [-0.1, -0.05) is 6.07 Å². The fraction of sp³-hybridized carbons (Fsp3) is 0.552. The van der Waals surface area contributed by atoms with Crippen LogP contribution in [0, 0.1) is 17.2 Å². The van der Waals surface area contributed by atoms with Gasteiger partial charge in [0, 0.05) is 43.9 Å². The highest BCUT2D eigenvalue weighted by Gasteiger charge is 2.52. The number of hydrogen-bond acceptors (Lipinski definition) is 6. The Morgan fingerprint density at radius 1 is 1.24 bits per heavy atom. The summed E-state index contributed by atoms with van der Waals surface area (Å²) in [7, 11) is 1.51. The van der Waals surface area contributed by atoms with E-state index in [-0.39, 0.29) is 29.8 Å². The number of fused-ring (bicyclic) bond motifs is 1. The molecule has 10 nitrogen and oxygen atoms in total. The molecule has 3 atom stereocenters. The number of alkyl halides is 3.